The highest BCUT2D eigenvalue weighted by molar-refractivity contribution is 6.31. The molecule has 1 aromatic carbocycles. The molecule has 0 unspecified atom stereocenters. The zero-order chi connectivity index (χ0) is 22.8. The minimum absolute atomic E-state index is 0.0359. The van der Waals surface area contributed by atoms with Crippen molar-refractivity contribution < 1.29 is 14.3 Å². The van der Waals surface area contributed by atoms with Gasteiger partial charge in [0, 0.05) is 31.8 Å². The van der Waals surface area contributed by atoms with Crippen LogP contribution in [0.3, 0.4) is 0 Å². The van der Waals surface area contributed by atoms with Crippen LogP contribution >= 0.6 is 11.6 Å². The number of carbonyl (C=O) groups is 1. The largest absolute Gasteiger partial charge is 0.384 e. The van der Waals surface area contributed by atoms with Crippen LogP contribution in [0.5, 0.6) is 0 Å². The maximum atomic E-state index is 13.4. The third-order valence-electron chi connectivity index (χ3n) is 6.81. The van der Waals surface area contributed by atoms with Crippen molar-refractivity contribution >= 4 is 29.0 Å². The fourth-order valence-electron chi connectivity index (χ4n) is 5.55. The molecule has 0 aliphatic heterocycles. The third kappa shape index (κ3) is 3.27. The number of hydrogen-bond acceptors (Lipinski definition) is 5. The van der Waals surface area contributed by atoms with Gasteiger partial charge in [0.15, 0.2) is 0 Å². The molecular weight excluding hydrogens is 435 g/mol. The molecular formula is C22H24ClFN6O2. The number of benzene rings is 1. The minimum Gasteiger partial charge on any atom is -0.384 e. The van der Waals surface area contributed by atoms with Crippen molar-refractivity contribution in [3.05, 3.63) is 58.5 Å². The number of nitrogens with two attached hydrogens (primary N) is 1. The molecule has 2 aliphatic rings. The Morgan fingerprint density at radius 2 is 2.03 bits per heavy atom. The second-order valence-corrected chi connectivity index (χ2v) is 9.65. The number of imidazole rings is 1. The molecule has 2 aromatic heterocycles. The molecule has 0 atom stereocenters. The summed E-state index contributed by atoms with van der Waals surface area (Å²) in [6.45, 7) is 0. The standard InChI is InChI=1S/C22H24ClFN6O2/c1-29-11-26-18(19(29)20(31)27-13-3-4-15(24)14(23)5-13)12-7-21(8-12)9-22(32,10-21)16-6-17(25)28-30(16)2/h3-6,11-12,32H,7-10H2,1-2H3,(H2,25,28)(H,27,31). The first-order chi connectivity index (χ1) is 15.1. The smallest absolute Gasteiger partial charge is 0.274 e. The van der Waals surface area contributed by atoms with E-state index < -0.39 is 11.4 Å². The molecule has 2 fully saturated rings. The first kappa shape index (κ1) is 21.0. The van der Waals surface area contributed by atoms with Crippen LogP contribution in [0, 0.1) is 11.2 Å². The monoisotopic (exact) mass is 458 g/mol. The molecule has 0 bridgehead atoms. The Hall–Kier alpha value is -2.91. The van der Waals surface area contributed by atoms with E-state index in [1.165, 1.54) is 18.2 Å². The zero-order valence-corrected chi connectivity index (χ0v) is 18.5. The van der Waals surface area contributed by atoms with Crippen LogP contribution in [0.1, 0.15) is 53.5 Å². The maximum absolute atomic E-state index is 13.4. The summed E-state index contributed by atoms with van der Waals surface area (Å²) in [7, 11) is 3.55. The SMILES string of the molecule is Cn1cnc(C2CC3(C2)CC(O)(c2cc(N)nn2C)C3)c1C(=O)Nc1ccc(F)c(Cl)c1. The van der Waals surface area contributed by atoms with Crippen molar-refractivity contribution in [3.63, 3.8) is 0 Å². The van der Waals surface area contributed by atoms with Crippen LogP contribution in [0.25, 0.3) is 0 Å². The first-order valence-corrected chi connectivity index (χ1v) is 10.8. The lowest BCUT2D eigenvalue weighted by atomic mass is 9.45. The molecule has 2 aliphatic carbocycles. The van der Waals surface area contributed by atoms with Gasteiger partial charge in [-0.3, -0.25) is 9.48 Å². The average Bonchev–Trinajstić information content (AvgIpc) is 3.22. The molecule has 0 saturated heterocycles. The van der Waals surface area contributed by atoms with Crippen LogP contribution in [-0.4, -0.2) is 30.3 Å². The van der Waals surface area contributed by atoms with Gasteiger partial charge in [0.05, 0.1) is 22.7 Å². The Bertz CT molecular complexity index is 1220. The Morgan fingerprint density at radius 1 is 1.31 bits per heavy atom. The van der Waals surface area contributed by atoms with Crippen molar-refractivity contribution in [2.75, 3.05) is 11.1 Å². The summed E-state index contributed by atoms with van der Waals surface area (Å²) in [6.07, 6.45) is 4.60. The van der Waals surface area contributed by atoms with Gasteiger partial charge in [-0.25, -0.2) is 9.37 Å². The summed E-state index contributed by atoms with van der Waals surface area (Å²) >= 11 is 5.82. The fraction of sp³-hybridized carbons (Fsp3) is 0.409. The number of hydrogen-bond donors (Lipinski definition) is 3. The number of anilines is 2. The molecule has 168 valence electrons. The van der Waals surface area contributed by atoms with E-state index in [0.29, 0.717) is 30.0 Å². The highest BCUT2D eigenvalue weighted by Gasteiger charge is 2.62. The number of rotatable bonds is 4. The summed E-state index contributed by atoms with van der Waals surface area (Å²) < 4.78 is 16.7. The van der Waals surface area contributed by atoms with Gasteiger partial charge in [-0.1, -0.05) is 11.6 Å². The Balaban J connectivity index is 1.28. The van der Waals surface area contributed by atoms with Gasteiger partial charge in [0.2, 0.25) is 0 Å². The molecule has 5 rings (SSSR count). The summed E-state index contributed by atoms with van der Waals surface area (Å²) in [5, 5.41) is 17.9. The van der Waals surface area contributed by atoms with Crippen LogP contribution < -0.4 is 11.1 Å². The second kappa shape index (κ2) is 7.05. The quantitative estimate of drug-likeness (QED) is 0.555. The van der Waals surface area contributed by atoms with Crippen molar-refractivity contribution in [2.24, 2.45) is 19.5 Å². The number of nitrogens with zero attached hydrogens (tertiary/aromatic N) is 4. The summed E-state index contributed by atoms with van der Waals surface area (Å²) in [5.41, 5.74) is 7.25. The van der Waals surface area contributed by atoms with E-state index in [4.69, 9.17) is 17.3 Å². The lowest BCUT2D eigenvalue weighted by Crippen LogP contribution is -2.56. The molecule has 32 heavy (non-hydrogen) atoms. The molecule has 0 radical (unpaired) electrons. The van der Waals surface area contributed by atoms with Gasteiger partial charge >= 0.3 is 0 Å². The van der Waals surface area contributed by atoms with Gasteiger partial charge in [0.1, 0.15) is 22.9 Å². The molecule has 4 N–H and O–H groups in total. The number of aryl methyl sites for hydroxylation is 2. The summed E-state index contributed by atoms with van der Waals surface area (Å²) in [4.78, 5) is 17.5. The van der Waals surface area contributed by atoms with Crippen LogP contribution in [0.4, 0.5) is 15.9 Å². The Kier molecular flexibility index (Phi) is 4.62. The molecule has 3 aromatic rings. The van der Waals surface area contributed by atoms with Gasteiger partial charge in [-0.15, -0.1) is 0 Å². The summed E-state index contributed by atoms with van der Waals surface area (Å²) in [6, 6.07) is 5.79. The lowest BCUT2D eigenvalue weighted by molar-refractivity contribution is -0.179. The lowest BCUT2D eigenvalue weighted by Gasteiger charge is -2.61. The van der Waals surface area contributed by atoms with Crippen molar-refractivity contribution in [3.8, 4) is 0 Å². The number of carbonyl (C=O) groups excluding carboxylic acids is 1. The minimum atomic E-state index is -0.920. The molecule has 10 heteroatoms. The topological polar surface area (TPSA) is 111 Å². The Morgan fingerprint density at radius 3 is 2.66 bits per heavy atom. The number of nitrogen functional groups attached to an aromatic ring is 1. The van der Waals surface area contributed by atoms with Crippen LogP contribution in [0.15, 0.2) is 30.6 Å². The molecule has 2 saturated carbocycles. The van der Waals surface area contributed by atoms with E-state index in [2.05, 4.69) is 15.4 Å². The third-order valence-corrected chi connectivity index (χ3v) is 7.10. The molecule has 8 nitrogen and oxygen atoms in total. The average molecular weight is 459 g/mol. The van der Waals surface area contributed by atoms with Crippen LogP contribution in [-0.2, 0) is 19.7 Å². The highest BCUT2D eigenvalue weighted by Crippen LogP contribution is 2.68. The van der Waals surface area contributed by atoms with Crippen molar-refractivity contribution in [1.29, 1.82) is 0 Å². The zero-order valence-electron chi connectivity index (χ0n) is 17.8. The van der Waals surface area contributed by atoms with Gasteiger partial charge in [-0.05, 0) is 49.3 Å². The van der Waals surface area contributed by atoms with Gasteiger partial charge in [0.25, 0.3) is 5.91 Å². The van der Waals surface area contributed by atoms with E-state index >= 15 is 0 Å². The van der Waals surface area contributed by atoms with Gasteiger partial charge < -0.3 is 20.7 Å². The number of halogens is 2. The van der Waals surface area contributed by atoms with Gasteiger partial charge in [-0.2, -0.15) is 5.10 Å². The van der Waals surface area contributed by atoms with Crippen molar-refractivity contribution in [2.45, 2.75) is 37.2 Å². The number of nitrogens with one attached hydrogen (secondary N) is 1. The van der Waals surface area contributed by atoms with E-state index in [1.54, 1.807) is 35.7 Å². The number of aromatic nitrogens is 4. The van der Waals surface area contributed by atoms with Crippen LogP contribution in [0.2, 0.25) is 5.02 Å². The highest BCUT2D eigenvalue weighted by atomic mass is 35.5. The number of aliphatic hydroxyl groups is 1. The van der Waals surface area contributed by atoms with E-state index in [-0.39, 0.29) is 22.3 Å². The normalized spacial score (nSPS) is 26.6. The summed E-state index contributed by atoms with van der Waals surface area (Å²) in [5.74, 6) is -0.330. The Labute approximate surface area is 189 Å². The fourth-order valence-corrected chi connectivity index (χ4v) is 5.73. The van der Waals surface area contributed by atoms with E-state index in [0.717, 1.165) is 24.2 Å². The van der Waals surface area contributed by atoms with Crippen molar-refractivity contribution in [1.82, 2.24) is 19.3 Å². The van der Waals surface area contributed by atoms with E-state index in [1.807, 2.05) is 0 Å². The maximum Gasteiger partial charge on any atom is 0.274 e. The number of amides is 1. The van der Waals surface area contributed by atoms with E-state index in [9.17, 15) is 14.3 Å². The molecule has 2 heterocycles. The second-order valence-electron chi connectivity index (χ2n) is 9.24. The molecule has 1 amide bonds. The molecule has 1 spiro atoms. The predicted octanol–water partition coefficient (Wildman–Crippen LogP) is 3.33. The predicted molar refractivity (Wildman–Crippen MR) is 118 cm³/mol. The first-order valence-electron chi connectivity index (χ1n) is 10.4.